The van der Waals surface area contributed by atoms with E-state index >= 15 is 0 Å². The summed E-state index contributed by atoms with van der Waals surface area (Å²) in [5, 5.41) is 18.5. The molecule has 0 aliphatic carbocycles. The molecular formula is C14H19NO3. The molecule has 0 radical (unpaired) electrons. The highest BCUT2D eigenvalue weighted by Crippen LogP contribution is 2.30. The fraction of sp³-hybridized carbons (Fsp3) is 0.500. The molecule has 0 spiro atoms. The molecule has 2 rings (SSSR count). The van der Waals surface area contributed by atoms with E-state index in [2.05, 4.69) is 11.8 Å². The lowest BCUT2D eigenvalue weighted by Gasteiger charge is -2.27. The molecule has 0 aromatic heterocycles. The predicted molar refractivity (Wildman–Crippen MR) is 70.1 cm³/mol. The Morgan fingerprint density at radius 2 is 2.22 bits per heavy atom. The van der Waals surface area contributed by atoms with Gasteiger partial charge in [-0.2, -0.15) is 0 Å². The maximum Gasteiger partial charge on any atom is 0.335 e. The molecule has 4 heteroatoms. The zero-order valence-corrected chi connectivity index (χ0v) is 10.8. The minimum Gasteiger partial charge on any atom is -0.478 e. The molecule has 2 unspecified atom stereocenters. The van der Waals surface area contributed by atoms with Crippen LogP contribution in [-0.2, 0) is 0 Å². The second kappa shape index (κ2) is 4.98. The highest BCUT2D eigenvalue weighted by atomic mass is 16.4. The molecule has 1 aromatic carbocycles. The number of hydrogen-bond acceptors (Lipinski definition) is 3. The number of aryl methyl sites for hydroxylation is 1. The highest BCUT2D eigenvalue weighted by molar-refractivity contribution is 5.89. The van der Waals surface area contributed by atoms with Crippen LogP contribution in [0.1, 0.15) is 29.3 Å². The number of aliphatic hydroxyl groups excluding tert-OH is 1. The Balaban J connectivity index is 2.29. The Morgan fingerprint density at radius 3 is 2.78 bits per heavy atom. The van der Waals surface area contributed by atoms with E-state index in [-0.39, 0.29) is 12.6 Å². The molecule has 1 aliphatic heterocycles. The van der Waals surface area contributed by atoms with E-state index in [0.29, 0.717) is 11.5 Å². The Morgan fingerprint density at radius 1 is 1.50 bits per heavy atom. The molecule has 0 amide bonds. The number of aromatic carboxylic acids is 1. The van der Waals surface area contributed by atoms with E-state index in [0.717, 1.165) is 24.2 Å². The number of carboxylic acids is 1. The van der Waals surface area contributed by atoms with Crippen molar-refractivity contribution in [3.8, 4) is 0 Å². The number of benzene rings is 1. The number of carbonyl (C=O) groups is 1. The molecule has 1 aromatic rings. The summed E-state index contributed by atoms with van der Waals surface area (Å²) in [7, 11) is 0. The molecule has 98 valence electrons. The average molecular weight is 249 g/mol. The number of hydrogen-bond donors (Lipinski definition) is 2. The summed E-state index contributed by atoms with van der Waals surface area (Å²) in [5.41, 5.74) is 2.10. The lowest BCUT2D eigenvalue weighted by atomic mass is 10.0. The minimum atomic E-state index is -0.896. The van der Waals surface area contributed by atoms with Crippen molar-refractivity contribution in [1.82, 2.24) is 0 Å². The second-order valence-corrected chi connectivity index (χ2v) is 5.01. The summed E-state index contributed by atoms with van der Waals surface area (Å²) in [6.45, 7) is 5.00. The maximum atomic E-state index is 11.0. The summed E-state index contributed by atoms with van der Waals surface area (Å²) in [6, 6.07) is 5.51. The van der Waals surface area contributed by atoms with Crippen LogP contribution in [0.25, 0.3) is 0 Å². The van der Waals surface area contributed by atoms with Gasteiger partial charge in [-0.15, -0.1) is 0 Å². The molecule has 18 heavy (non-hydrogen) atoms. The lowest BCUT2D eigenvalue weighted by molar-refractivity contribution is 0.0696. The van der Waals surface area contributed by atoms with Crippen molar-refractivity contribution in [2.75, 3.05) is 18.1 Å². The summed E-state index contributed by atoms with van der Waals surface area (Å²) in [6.07, 6.45) is 1.06. The third kappa shape index (κ3) is 2.20. The summed E-state index contributed by atoms with van der Waals surface area (Å²) in [5.74, 6) is -0.429. The van der Waals surface area contributed by atoms with Crippen LogP contribution in [0.5, 0.6) is 0 Å². The van der Waals surface area contributed by atoms with Crippen molar-refractivity contribution in [2.45, 2.75) is 26.3 Å². The predicted octanol–water partition coefficient (Wildman–Crippen LogP) is 1.90. The van der Waals surface area contributed by atoms with Gasteiger partial charge in [-0.25, -0.2) is 4.79 Å². The van der Waals surface area contributed by atoms with Crippen LogP contribution in [-0.4, -0.2) is 35.4 Å². The van der Waals surface area contributed by atoms with Crippen LogP contribution in [0, 0.1) is 12.8 Å². The van der Waals surface area contributed by atoms with E-state index in [1.165, 1.54) is 0 Å². The van der Waals surface area contributed by atoms with E-state index in [9.17, 15) is 9.90 Å². The number of anilines is 1. The van der Waals surface area contributed by atoms with Gasteiger partial charge >= 0.3 is 5.97 Å². The van der Waals surface area contributed by atoms with Crippen LogP contribution >= 0.6 is 0 Å². The first-order chi connectivity index (χ1) is 8.54. The second-order valence-electron chi connectivity index (χ2n) is 5.01. The molecule has 1 saturated heterocycles. The van der Waals surface area contributed by atoms with Gasteiger partial charge in [0.25, 0.3) is 0 Å². The van der Waals surface area contributed by atoms with Crippen LogP contribution in [0.3, 0.4) is 0 Å². The minimum absolute atomic E-state index is 0.139. The lowest BCUT2D eigenvalue weighted by Crippen LogP contribution is -2.35. The van der Waals surface area contributed by atoms with Crippen molar-refractivity contribution < 1.29 is 15.0 Å². The maximum absolute atomic E-state index is 11.0. The third-order valence-electron chi connectivity index (χ3n) is 3.84. The van der Waals surface area contributed by atoms with Gasteiger partial charge < -0.3 is 15.1 Å². The Kier molecular flexibility index (Phi) is 3.57. The Labute approximate surface area is 107 Å². The van der Waals surface area contributed by atoms with Gasteiger partial charge in [-0.1, -0.05) is 6.92 Å². The Bertz CT molecular complexity index is 458. The first kappa shape index (κ1) is 12.9. The van der Waals surface area contributed by atoms with Gasteiger partial charge in [-0.05, 0) is 43.0 Å². The normalized spacial score (nSPS) is 23.4. The van der Waals surface area contributed by atoms with Gasteiger partial charge in [0, 0.05) is 12.2 Å². The average Bonchev–Trinajstić information content (AvgIpc) is 2.69. The Hall–Kier alpha value is -1.55. The van der Waals surface area contributed by atoms with E-state index in [1.807, 2.05) is 12.1 Å². The zero-order valence-electron chi connectivity index (χ0n) is 10.8. The SMILES string of the molecule is Cc1cc(N2CCC(C)C2CO)ccc1C(=O)O. The first-order valence-corrected chi connectivity index (χ1v) is 6.26. The zero-order chi connectivity index (χ0) is 13.3. The quantitative estimate of drug-likeness (QED) is 0.859. The standard InChI is InChI=1S/C14H19NO3/c1-9-5-6-15(13(9)8-16)11-3-4-12(14(17)18)10(2)7-11/h3-4,7,9,13,16H,5-6,8H2,1-2H3,(H,17,18). The van der Waals surface area contributed by atoms with Crippen LogP contribution in [0.2, 0.25) is 0 Å². The molecule has 1 aliphatic rings. The summed E-state index contributed by atoms with van der Waals surface area (Å²) >= 11 is 0. The van der Waals surface area contributed by atoms with Gasteiger partial charge in [-0.3, -0.25) is 0 Å². The largest absolute Gasteiger partial charge is 0.478 e. The molecule has 1 fully saturated rings. The van der Waals surface area contributed by atoms with Crippen LogP contribution in [0.15, 0.2) is 18.2 Å². The molecule has 4 nitrogen and oxygen atoms in total. The van der Waals surface area contributed by atoms with Gasteiger partial charge in [0.2, 0.25) is 0 Å². The van der Waals surface area contributed by atoms with Gasteiger partial charge in [0.15, 0.2) is 0 Å². The monoisotopic (exact) mass is 249 g/mol. The molecule has 2 N–H and O–H groups in total. The fourth-order valence-corrected chi connectivity index (χ4v) is 2.67. The summed E-state index contributed by atoms with van der Waals surface area (Å²) in [4.78, 5) is 13.1. The van der Waals surface area contributed by atoms with Gasteiger partial charge in [0.1, 0.15) is 0 Å². The molecular weight excluding hydrogens is 230 g/mol. The van der Waals surface area contributed by atoms with Gasteiger partial charge in [0.05, 0.1) is 18.2 Å². The van der Waals surface area contributed by atoms with Crippen molar-refractivity contribution >= 4 is 11.7 Å². The molecule has 1 heterocycles. The van der Waals surface area contributed by atoms with E-state index in [1.54, 1.807) is 13.0 Å². The third-order valence-corrected chi connectivity index (χ3v) is 3.84. The van der Waals surface area contributed by atoms with Crippen molar-refractivity contribution in [3.63, 3.8) is 0 Å². The van der Waals surface area contributed by atoms with Crippen LogP contribution < -0.4 is 4.90 Å². The summed E-state index contributed by atoms with van der Waals surface area (Å²) < 4.78 is 0. The topological polar surface area (TPSA) is 60.8 Å². The number of rotatable bonds is 3. The number of nitrogens with zero attached hydrogens (tertiary/aromatic N) is 1. The fourth-order valence-electron chi connectivity index (χ4n) is 2.67. The highest BCUT2D eigenvalue weighted by Gasteiger charge is 2.30. The van der Waals surface area contributed by atoms with Crippen molar-refractivity contribution in [3.05, 3.63) is 29.3 Å². The van der Waals surface area contributed by atoms with Crippen molar-refractivity contribution in [2.24, 2.45) is 5.92 Å². The number of aliphatic hydroxyl groups is 1. The molecule has 0 bridgehead atoms. The van der Waals surface area contributed by atoms with E-state index < -0.39 is 5.97 Å². The smallest absolute Gasteiger partial charge is 0.335 e. The molecule has 2 atom stereocenters. The first-order valence-electron chi connectivity index (χ1n) is 6.26. The van der Waals surface area contributed by atoms with Crippen LogP contribution in [0.4, 0.5) is 5.69 Å². The number of carboxylic acid groups (broad SMARTS) is 1. The van der Waals surface area contributed by atoms with E-state index in [4.69, 9.17) is 5.11 Å². The van der Waals surface area contributed by atoms with Crippen molar-refractivity contribution in [1.29, 1.82) is 0 Å². The molecule has 0 saturated carbocycles.